The molecule has 0 spiro atoms. The molecular weight excluding hydrogens is 288 g/mol. The highest BCUT2D eigenvalue weighted by Gasteiger charge is 2.13. The summed E-state index contributed by atoms with van der Waals surface area (Å²) >= 11 is 0. The van der Waals surface area contributed by atoms with E-state index in [1.165, 1.54) is 12.1 Å². The van der Waals surface area contributed by atoms with Crippen molar-refractivity contribution in [2.45, 2.75) is 18.0 Å². The third-order valence-electron chi connectivity index (χ3n) is 2.94. The fourth-order valence-electron chi connectivity index (χ4n) is 1.94. The van der Waals surface area contributed by atoms with Crippen molar-refractivity contribution < 1.29 is 13.2 Å². The Bertz CT molecular complexity index is 714. The first-order chi connectivity index (χ1) is 10.0. The lowest BCUT2D eigenvalue weighted by Gasteiger charge is -2.08. The predicted molar refractivity (Wildman–Crippen MR) is 82.0 cm³/mol. The summed E-state index contributed by atoms with van der Waals surface area (Å²) in [6.45, 7) is 0.713. The molecule has 2 rings (SSSR count). The van der Waals surface area contributed by atoms with Gasteiger partial charge in [0.2, 0.25) is 10.0 Å². The fraction of sp³-hybridized carbons (Fsp3) is 0.200. The van der Waals surface area contributed by atoms with Gasteiger partial charge in [-0.15, -0.1) is 0 Å². The second kappa shape index (κ2) is 6.71. The summed E-state index contributed by atoms with van der Waals surface area (Å²) in [7, 11) is -1.95. The van der Waals surface area contributed by atoms with E-state index in [4.69, 9.17) is 10.5 Å². The molecule has 0 amide bonds. The number of hydrogen-bond acceptors (Lipinski definition) is 4. The number of rotatable bonds is 6. The quantitative estimate of drug-likeness (QED) is 0.799. The highest BCUT2D eigenvalue weighted by atomic mass is 32.2. The molecule has 0 heterocycles. The van der Waals surface area contributed by atoms with Gasteiger partial charge in [-0.3, -0.25) is 0 Å². The number of hydrogen-bond donors (Lipinski definition) is 2. The third-order valence-corrected chi connectivity index (χ3v) is 4.34. The van der Waals surface area contributed by atoms with Crippen molar-refractivity contribution in [3.8, 4) is 0 Å². The van der Waals surface area contributed by atoms with Gasteiger partial charge in [-0.2, -0.15) is 0 Å². The molecule has 0 aliphatic carbocycles. The average Bonchev–Trinajstić information content (AvgIpc) is 2.46. The zero-order valence-corrected chi connectivity index (χ0v) is 12.6. The number of benzene rings is 2. The Kier molecular flexibility index (Phi) is 4.95. The summed E-state index contributed by atoms with van der Waals surface area (Å²) in [5, 5.41) is 0. The molecule has 0 bridgehead atoms. The van der Waals surface area contributed by atoms with Crippen LogP contribution >= 0.6 is 0 Å². The summed E-state index contributed by atoms with van der Waals surface area (Å²) in [6.07, 6.45) is 0. The van der Waals surface area contributed by atoms with Crippen molar-refractivity contribution >= 4 is 15.7 Å². The van der Waals surface area contributed by atoms with Crippen molar-refractivity contribution in [1.29, 1.82) is 0 Å². The number of nitrogens with one attached hydrogen (secondary N) is 1. The molecule has 0 aliphatic heterocycles. The zero-order chi connectivity index (χ0) is 15.3. The van der Waals surface area contributed by atoms with Gasteiger partial charge in [-0.1, -0.05) is 30.3 Å². The maximum atomic E-state index is 12.2. The molecule has 0 aliphatic rings. The molecule has 0 fully saturated rings. The number of sulfonamides is 1. The maximum Gasteiger partial charge on any atom is 0.240 e. The highest BCUT2D eigenvalue weighted by Crippen LogP contribution is 2.13. The average molecular weight is 306 g/mol. The van der Waals surface area contributed by atoms with E-state index in [1.54, 1.807) is 19.2 Å². The first-order valence-electron chi connectivity index (χ1n) is 6.43. The SMILES string of the molecule is COCc1cccc(CNS(=O)(=O)c2cccc(N)c2)c1. The first-order valence-corrected chi connectivity index (χ1v) is 7.91. The van der Waals surface area contributed by atoms with E-state index in [2.05, 4.69) is 4.72 Å². The highest BCUT2D eigenvalue weighted by molar-refractivity contribution is 7.89. The lowest BCUT2D eigenvalue weighted by molar-refractivity contribution is 0.185. The van der Waals surface area contributed by atoms with Gasteiger partial charge in [-0.05, 0) is 29.3 Å². The summed E-state index contributed by atoms with van der Waals surface area (Å²) < 4.78 is 32.0. The summed E-state index contributed by atoms with van der Waals surface area (Å²) in [5.74, 6) is 0. The molecular formula is C15H18N2O3S. The van der Waals surface area contributed by atoms with Crippen LogP contribution in [0.3, 0.4) is 0 Å². The number of methoxy groups -OCH3 is 1. The van der Waals surface area contributed by atoms with Crippen LogP contribution in [0, 0.1) is 0 Å². The van der Waals surface area contributed by atoms with E-state index in [9.17, 15) is 8.42 Å². The van der Waals surface area contributed by atoms with Gasteiger partial charge in [0.1, 0.15) is 0 Å². The van der Waals surface area contributed by atoms with Crippen LogP contribution in [0.2, 0.25) is 0 Å². The third kappa shape index (κ3) is 4.29. The van der Waals surface area contributed by atoms with Crippen LogP contribution in [-0.2, 0) is 27.9 Å². The predicted octanol–water partition coefficient (Wildman–Crippen LogP) is 1.89. The molecule has 2 aromatic rings. The van der Waals surface area contributed by atoms with E-state index in [-0.39, 0.29) is 11.4 Å². The lowest BCUT2D eigenvalue weighted by Crippen LogP contribution is -2.23. The van der Waals surface area contributed by atoms with E-state index in [1.807, 2.05) is 24.3 Å². The molecule has 3 N–H and O–H groups in total. The zero-order valence-electron chi connectivity index (χ0n) is 11.7. The Morgan fingerprint density at radius 3 is 2.52 bits per heavy atom. The molecule has 0 atom stereocenters. The van der Waals surface area contributed by atoms with Crippen molar-refractivity contribution in [1.82, 2.24) is 4.72 Å². The largest absolute Gasteiger partial charge is 0.399 e. The molecule has 112 valence electrons. The van der Waals surface area contributed by atoms with Crippen molar-refractivity contribution in [2.75, 3.05) is 12.8 Å². The summed E-state index contributed by atoms with van der Waals surface area (Å²) in [5.41, 5.74) is 7.90. The van der Waals surface area contributed by atoms with Crippen molar-refractivity contribution in [2.24, 2.45) is 0 Å². The van der Waals surface area contributed by atoms with Gasteiger partial charge >= 0.3 is 0 Å². The molecule has 6 heteroatoms. The topological polar surface area (TPSA) is 81.4 Å². The van der Waals surface area contributed by atoms with Crippen LogP contribution < -0.4 is 10.5 Å². The van der Waals surface area contributed by atoms with Crippen LogP contribution in [0.15, 0.2) is 53.4 Å². The molecule has 21 heavy (non-hydrogen) atoms. The Labute approximate surface area is 124 Å². The minimum absolute atomic E-state index is 0.163. The van der Waals surface area contributed by atoms with E-state index in [0.717, 1.165) is 11.1 Å². The van der Waals surface area contributed by atoms with Crippen LogP contribution in [0.1, 0.15) is 11.1 Å². The second-order valence-corrected chi connectivity index (χ2v) is 6.42. The molecule has 0 saturated carbocycles. The molecule has 0 aromatic heterocycles. The minimum atomic E-state index is -3.57. The van der Waals surface area contributed by atoms with Gasteiger partial charge in [0, 0.05) is 19.3 Å². The fourth-order valence-corrected chi connectivity index (χ4v) is 3.01. The molecule has 0 unspecified atom stereocenters. The van der Waals surface area contributed by atoms with E-state index in [0.29, 0.717) is 12.3 Å². The van der Waals surface area contributed by atoms with Crippen molar-refractivity contribution in [3.63, 3.8) is 0 Å². The van der Waals surface area contributed by atoms with Gasteiger partial charge in [-0.25, -0.2) is 13.1 Å². The molecule has 2 aromatic carbocycles. The van der Waals surface area contributed by atoms with Gasteiger partial charge in [0.15, 0.2) is 0 Å². The van der Waals surface area contributed by atoms with Crippen LogP contribution in [0.4, 0.5) is 5.69 Å². The number of nitrogens with two attached hydrogens (primary N) is 1. The Hall–Kier alpha value is -1.89. The lowest BCUT2D eigenvalue weighted by atomic mass is 10.1. The molecule has 0 saturated heterocycles. The second-order valence-electron chi connectivity index (χ2n) is 4.65. The van der Waals surface area contributed by atoms with Crippen molar-refractivity contribution in [3.05, 3.63) is 59.7 Å². The maximum absolute atomic E-state index is 12.2. The standard InChI is InChI=1S/C15H18N2O3S/c1-20-11-13-5-2-4-12(8-13)10-17-21(18,19)15-7-3-6-14(16)9-15/h2-9,17H,10-11,16H2,1H3. The van der Waals surface area contributed by atoms with Crippen LogP contribution in [0.5, 0.6) is 0 Å². The monoisotopic (exact) mass is 306 g/mol. The Morgan fingerprint density at radius 1 is 1.10 bits per heavy atom. The number of anilines is 1. The normalized spacial score (nSPS) is 11.5. The van der Waals surface area contributed by atoms with Crippen LogP contribution in [-0.4, -0.2) is 15.5 Å². The summed E-state index contributed by atoms with van der Waals surface area (Å²) in [6, 6.07) is 13.8. The molecule has 0 radical (unpaired) electrons. The van der Waals surface area contributed by atoms with Crippen LogP contribution in [0.25, 0.3) is 0 Å². The Balaban J connectivity index is 2.10. The van der Waals surface area contributed by atoms with E-state index >= 15 is 0 Å². The van der Waals surface area contributed by atoms with Gasteiger partial charge in [0.05, 0.1) is 11.5 Å². The van der Waals surface area contributed by atoms with Gasteiger partial charge in [0.25, 0.3) is 0 Å². The smallest absolute Gasteiger partial charge is 0.240 e. The van der Waals surface area contributed by atoms with Gasteiger partial charge < -0.3 is 10.5 Å². The summed E-state index contributed by atoms with van der Waals surface area (Å²) in [4.78, 5) is 0.163. The number of nitrogen functional groups attached to an aromatic ring is 1. The minimum Gasteiger partial charge on any atom is -0.399 e. The number of ether oxygens (including phenoxy) is 1. The Morgan fingerprint density at radius 2 is 1.81 bits per heavy atom. The molecule has 5 nitrogen and oxygen atoms in total. The van der Waals surface area contributed by atoms with E-state index < -0.39 is 10.0 Å². The first kappa shape index (κ1) is 15.5.